The molecular formula is C17H23N3O3. The quantitative estimate of drug-likeness (QED) is 0.587. The van der Waals surface area contributed by atoms with E-state index in [1.165, 1.54) is 24.3 Å². The Balaban J connectivity index is 2.12. The van der Waals surface area contributed by atoms with Crippen LogP contribution >= 0.6 is 0 Å². The molecule has 124 valence electrons. The van der Waals surface area contributed by atoms with Crippen molar-refractivity contribution >= 4 is 11.8 Å². The number of phenols is 1. The summed E-state index contributed by atoms with van der Waals surface area (Å²) in [4.78, 5) is 26.5. The molecule has 6 nitrogen and oxygen atoms in total. The van der Waals surface area contributed by atoms with Crippen molar-refractivity contribution in [1.29, 1.82) is 0 Å². The van der Waals surface area contributed by atoms with Crippen LogP contribution in [0.2, 0.25) is 0 Å². The largest absolute Gasteiger partial charge is 0.508 e. The first-order valence-electron chi connectivity index (χ1n) is 7.74. The number of Topliss-reactive ketones (excluding diaryl/α,β-unsaturated/α-hetero) is 1. The minimum atomic E-state index is -0.377. The monoisotopic (exact) mass is 317 g/mol. The number of nitrogens with two attached hydrogens (primary N) is 1. The number of carbonyl (C=O) groups excluding carboxylic acids is 2. The summed E-state index contributed by atoms with van der Waals surface area (Å²) >= 11 is 0. The summed E-state index contributed by atoms with van der Waals surface area (Å²) in [6.07, 6.45) is 4.20. The minimum Gasteiger partial charge on any atom is -0.508 e. The van der Waals surface area contributed by atoms with Crippen LogP contribution in [0.5, 0.6) is 5.75 Å². The summed E-state index contributed by atoms with van der Waals surface area (Å²) in [5.41, 5.74) is 6.46. The van der Waals surface area contributed by atoms with Gasteiger partial charge in [-0.25, -0.2) is 4.79 Å². The summed E-state index contributed by atoms with van der Waals surface area (Å²) in [6, 6.07) is 5.70. The van der Waals surface area contributed by atoms with E-state index in [2.05, 4.69) is 5.32 Å². The Morgan fingerprint density at radius 3 is 2.30 bits per heavy atom. The van der Waals surface area contributed by atoms with Crippen LogP contribution in [0.25, 0.3) is 0 Å². The van der Waals surface area contributed by atoms with Crippen molar-refractivity contribution in [2.24, 2.45) is 5.73 Å². The number of ketones is 1. The summed E-state index contributed by atoms with van der Waals surface area (Å²) in [5.74, 6) is -0.306. The molecule has 23 heavy (non-hydrogen) atoms. The summed E-state index contributed by atoms with van der Waals surface area (Å²) < 4.78 is 0. The molecule has 0 aromatic heterocycles. The van der Waals surface area contributed by atoms with Crippen molar-refractivity contribution in [1.82, 2.24) is 10.2 Å². The number of benzene rings is 1. The lowest BCUT2D eigenvalue weighted by atomic mass is 10.1. The Hall–Kier alpha value is -2.50. The third kappa shape index (κ3) is 4.03. The van der Waals surface area contributed by atoms with Crippen molar-refractivity contribution in [3.05, 3.63) is 41.2 Å². The second-order valence-electron chi connectivity index (χ2n) is 5.91. The van der Waals surface area contributed by atoms with Gasteiger partial charge in [0.15, 0.2) is 0 Å². The van der Waals surface area contributed by atoms with Gasteiger partial charge in [-0.2, -0.15) is 0 Å². The molecule has 1 aliphatic carbocycles. The van der Waals surface area contributed by atoms with E-state index in [1.807, 2.05) is 0 Å². The fourth-order valence-electron chi connectivity index (χ4n) is 2.74. The van der Waals surface area contributed by atoms with Gasteiger partial charge in [0, 0.05) is 24.4 Å². The summed E-state index contributed by atoms with van der Waals surface area (Å²) in [7, 11) is 1.74. The number of nitrogens with zero attached hydrogens (tertiary/aromatic N) is 1. The van der Waals surface area contributed by atoms with E-state index in [-0.39, 0.29) is 35.0 Å². The predicted octanol–water partition coefficient (Wildman–Crippen LogP) is 2.35. The Labute approximate surface area is 136 Å². The van der Waals surface area contributed by atoms with Gasteiger partial charge in [-0.15, -0.1) is 0 Å². The number of nitrogens with one attached hydrogen (secondary N) is 1. The Bertz CT molecular complexity index is 612. The van der Waals surface area contributed by atoms with Gasteiger partial charge < -0.3 is 21.1 Å². The normalized spacial score (nSPS) is 15.9. The van der Waals surface area contributed by atoms with Gasteiger partial charge in [0.2, 0.25) is 5.78 Å². The predicted molar refractivity (Wildman–Crippen MR) is 87.9 cm³/mol. The molecule has 6 heteroatoms. The van der Waals surface area contributed by atoms with E-state index < -0.39 is 0 Å². The minimum absolute atomic E-state index is 0.0709. The van der Waals surface area contributed by atoms with Gasteiger partial charge in [0.05, 0.1) is 0 Å². The number of aromatic hydroxyl groups is 1. The van der Waals surface area contributed by atoms with Gasteiger partial charge in [-0.05, 0) is 44.0 Å². The van der Waals surface area contributed by atoms with Crippen molar-refractivity contribution in [2.75, 3.05) is 7.05 Å². The molecule has 1 aromatic carbocycles. The smallest absolute Gasteiger partial charge is 0.321 e. The van der Waals surface area contributed by atoms with Gasteiger partial charge >= 0.3 is 6.03 Å². The molecule has 1 aliphatic rings. The van der Waals surface area contributed by atoms with E-state index in [9.17, 15) is 14.7 Å². The maximum absolute atomic E-state index is 12.5. The molecule has 0 bridgehead atoms. The zero-order chi connectivity index (χ0) is 17.0. The average molecular weight is 317 g/mol. The van der Waals surface area contributed by atoms with Crippen LogP contribution in [-0.4, -0.2) is 34.9 Å². The molecule has 2 amide bonds. The molecule has 0 saturated heterocycles. The van der Waals surface area contributed by atoms with Gasteiger partial charge in [-0.1, -0.05) is 12.8 Å². The van der Waals surface area contributed by atoms with Gasteiger partial charge in [-0.3, -0.25) is 4.79 Å². The number of carbonyl (C=O) groups is 2. The molecule has 4 N–H and O–H groups in total. The van der Waals surface area contributed by atoms with Crippen LogP contribution < -0.4 is 11.1 Å². The highest BCUT2D eigenvalue weighted by atomic mass is 16.3. The first-order valence-corrected chi connectivity index (χ1v) is 7.74. The molecular weight excluding hydrogens is 294 g/mol. The third-order valence-corrected chi connectivity index (χ3v) is 4.18. The van der Waals surface area contributed by atoms with Crippen LogP contribution in [-0.2, 0) is 0 Å². The first-order chi connectivity index (χ1) is 10.9. The molecule has 1 fully saturated rings. The number of hydrogen-bond acceptors (Lipinski definition) is 4. The number of urea groups is 1. The summed E-state index contributed by atoms with van der Waals surface area (Å²) in [5, 5.41) is 11.9. The maximum atomic E-state index is 12.5. The second-order valence-corrected chi connectivity index (χ2v) is 5.91. The number of allylic oxidation sites excluding steroid dienone is 2. The molecule has 2 rings (SSSR count). The lowest BCUT2D eigenvalue weighted by molar-refractivity contribution is 0.102. The zero-order valence-corrected chi connectivity index (χ0v) is 13.5. The van der Waals surface area contributed by atoms with Crippen molar-refractivity contribution in [3.63, 3.8) is 0 Å². The van der Waals surface area contributed by atoms with Crippen LogP contribution in [0.3, 0.4) is 0 Å². The number of amides is 2. The summed E-state index contributed by atoms with van der Waals surface area (Å²) in [6.45, 7) is 1.57. The van der Waals surface area contributed by atoms with Crippen LogP contribution in [0, 0.1) is 0 Å². The fourth-order valence-corrected chi connectivity index (χ4v) is 2.74. The first kappa shape index (κ1) is 16.9. The van der Waals surface area contributed by atoms with Crippen LogP contribution in [0.1, 0.15) is 43.0 Å². The van der Waals surface area contributed by atoms with E-state index in [1.54, 1.807) is 18.9 Å². The molecule has 0 unspecified atom stereocenters. The van der Waals surface area contributed by atoms with Crippen molar-refractivity contribution in [2.45, 2.75) is 38.6 Å². The van der Waals surface area contributed by atoms with E-state index in [0.717, 1.165) is 25.7 Å². The highest BCUT2D eigenvalue weighted by Crippen LogP contribution is 2.22. The molecule has 1 saturated carbocycles. The van der Waals surface area contributed by atoms with E-state index >= 15 is 0 Å². The maximum Gasteiger partial charge on any atom is 0.321 e. The Kier molecular flexibility index (Phi) is 5.26. The number of hydrogen-bond donors (Lipinski definition) is 3. The van der Waals surface area contributed by atoms with E-state index in [0.29, 0.717) is 5.56 Å². The van der Waals surface area contributed by atoms with Crippen LogP contribution in [0.4, 0.5) is 4.79 Å². The lowest BCUT2D eigenvalue weighted by Crippen LogP contribution is -2.43. The Morgan fingerprint density at radius 1 is 1.22 bits per heavy atom. The topological polar surface area (TPSA) is 95.7 Å². The highest BCUT2D eigenvalue weighted by molar-refractivity contribution is 6.10. The highest BCUT2D eigenvalue weighted by Gasteiger charge is 2.25. The molecule has 0 aliphatic heterocycles. The zero-order valence-electron chi connectivity index (χ0n) is 13.5. The second kappa shape index (κ2) is 7.17. The van der Waals surface area contributed by atoms with E-state index in [4.69, 9.17) is 5.73 Å². The number of phenolic OH excluding ortho intramolecular Hbond substituents is 1. The van der Waals surface area contributed by atoms with Gasteiger partial charge in [0.25, 0.3) is 0 Å². The molecule has 0 spiro atoms. The SMILES string of the molecule is CC(N)=C(NC(=O)N(C)C1CCCC1)C(=O)c1ccc(O)cc1. The Morgan fingerprint density at radius 2 is 1.78 bits per heavy atom. The van der Waals surface area contributed by atoms with Crippen molar-refractivity contribution < 1.29 is 14.7 Å². The van der Waals surface area contributed by atoms with Gasteiger partial charge in [0.1, 0.15) is 11.4 Å². The van der Waals surface area contributed by atoms with Crippen molar-refractivity contribution in [3.8, 4) is 5.75 Å². The van der Waals surface area contributed by atoms with Crippen LogP contribution in [0.15, 0.2) is 35.7 Å². The molecule has 0 radical (unpaired) electrons. The standard InChI is InChI=1S/C17H23N3O3/c1-11(18)15(16(22)12-7-9-14(21)10-8-12)19-17(23)20(2)13-5-3-4-6-13/h7-10,13,21H,3-6,18H2,1-2H3,(H,19,23). The average Bonchev–Trinajstić information content (AvgIpc) is 3.05. The lowest BCUT2D eigenvalue weighted by Gasteiger charge is -2.25. The third-order valence-electron chi connectivity index (χ3n) is 4.18. The molecule has 0 atom stereocenters. The fraction of sp³-hybridized carbons (Fsp3) is 0.412. The molecule has 1 aromatic rings. The molecule has 0 heterocycles. The number of rotatable bonds is 4.